The van der Waals surface area contributed by atoms with Crippen molar-refractivity contribution in [3.05, 3.63) is 48.2 Å². The molecule has 1 fully saturated rings. The topological polar surface area (TPSA) is 43.2 Å². The van der Waals surface area contributed by atoms with Crippen molar-refractivity contribution in [2.45, 2.75) is 25.8 Å². The molecule has 24 heavy (non-hydrogen) atoms. The highest BCUT2D eigenvalue weighted by Crippen LogP contribution is 2.27. The maximum Gasteiger partial charge on any atom is 0.160 e. The van der Waals surface area contributed by atoms with Gasteiger partial charge in [0.2, 0.25) is 0 Å². The number of aryl methyl sites for hydroxylation is 2. The molecular weight excluding hydrogens is 300 g/mol. The van der Waals surface area contributed by atoms with Crippen LogP contribution >= 0.6 is 0 Å². The Morgan fingerprint density at radius 3 is 2.83 bits per heavy atom. The summed E-state index contributed by atoms with van der Waals surface area (Å²) in [5.41, 5.74) is 1.97. The summed E-state index contributed by atoms with van der Waals surface area (Å²) in [6.07, 6.45) is 2.31. The highest BCUT2D eigenvalue weighted by atomic mass is 16.5. The van der Waals surface area contributed by atoms with Crippen molar-refractivity contribution < 1.29 is 4.74 Å². The van der Waals surface area contributed by atoms with Crippen molar-refractivity contribution in [3.8, 4) is 5.75 Å². The molecule has 1 atom stereocenters. The Labute approximate surface area is 141 Å². The second-order valence-corrected chi connectivity index (χ2v) is 6.36. The van der Waals surface area contributed by atoms with Crippen LogP contribution in [0.25, 0.3) is 11.0 Å². The van der Waals surface area contributed by atoms with Crippen LogP contribution in [-0.4, -0.2) is 34.0 Å². The van der Waals surface area contributed by atoms with Gasteiger partial charge in [-0.1, -0.05) is 18.2 Å². The van der Waals surface area contributed by atoms with Crippen LogP contribution in [0.1, 0.15) is 18.5 Å². The Balaban J connectivity index is 1.55. The highest BCUT2D eigenvalue weighted by Gasteiger charge is 2.26. The van der Waals surface area contributed by atoms with Gasteiger partial charge in [-0.15, -0.1) is 0 Å². The SMILES string of the molecule is Cc1nn(C)c2nc(N3CCC[C@@H]3COc3ccccc3)ccc12. The van der Waals surface area contributed by atoms with Crippen molar-refractivity contribution >= 4 is 16.9 Å². The lowest BCUT2D eigenvalue weighted by Crippen LogP contribution is -2.34. The maximum atomic E-state index is 5.97. The van der Waals surface area contributed by atoms with Crippen LogP contribution in [0.4, 0.5) is 5.82 Å². The second kappa shape index (κ2) is 6.15. The molecule has 3 aromatic rings. The number of fused-ring (bicyclic) bond motifs is 1. The summed E-state index contributed by atoms with van der Waals surface area (Å²) in [6.45, 7) is 3.74. The Morgan fingerprint density at radius 1 is 1.17 bits per heavy atom. The van der Waals surface area contributed by atoms with Gasteiger partial charge < -0.3 is 9.64 Å². The molecule has 0 saturated carbocycles. The first kappa shape index (κ1) is 15.0. The molecule has 3 heterocycles. The third-order valence-corrected chi connectivity index (χ3v) is 4.71. The van der Waals surface area contributed by atoms with E-state index in [1.165, 1.54) is 6.42 Å². The van der Waals surface area contributed by atoms with Crippen LogP contribution in [-0.2, 0) is 7.05 Å². The highest BCUT2D eigenvalue weighted by molar-refractivity contribution is 5.80. The van der Waals surface area contributed by atoms with E-state index in [1.54, 1.807) is 0 Å². The lowest BCUT2D eigenvalue weighted by atomic mass is 10.2. The monoisotopic (exact) mass is 322 g/mol. The molecule has 0 radical (unpaired) electrons. The molecule has 5 heteroatoms. The zero-order valence-electron chi connectivity index (χ0n) is 14.1. The predicted octanol–water partition coefficient (Wildman–Crippen LogP) is 3.32. The first-order chi connectivity index (χ1) is 11.7. The fourth-order valence-electron chi connectivity index (χ4n) is 3.47. The van der Waals surface area contributed by atoms with Crippen LogP contribution in [0.2, 0.25) is 0 Å². The molecule has 1 aliphatic heterocycles. The first-order valence-electron chi connectivity index (χ1n) is 8.47. The van der Waals surface area contributed by atoms with Gasteiger partial charge in [0.25, 0.3) is 0 Å². The Kier molecular flexibility index (Phi) is 3.84. The van der Waals surface area contributed by atoms with Crippen molar-refractivity contribution in [1.29, 1.82) is 0 Å². The minimum absolute atomic E-state index is 0.365. The molecular formula is C19H22N4O. The van der Waals surface area contributed by atoms with Gasteiger partial charge in [0.1, 0.15) is 18.2 Å². The third-order valence-electron chi connectivity index (χ3n) is 4.71. The van der Waals surface area contributed by atoms with E-state index in [0.717, 1.165) is 41.3 Å². The fourth-order valence-corrected chi connectivity index (χ4v) is 3.47. The summed E-state index contributed by atoms with van der Waals surface area (Å²) in [7, 11) is 1.95. The zero-order valence-corrected chi connectivity index (χ0v) is 14.1. The number of benzene rings is 1. The lowest BCUT2D eigenvalue weighted by molar-refractivity contribution is 0.288. The van der Waals surface area contributed by atoms with E-state index in [9.17, 15) is 0 Å². The number of ether oxygens (including phenoxy) is 1. The molecule has 0 N–H and O–H groups in total. The normalized spacial score (nSPS) is 17.6. The minimum Gasteiger partial charge on any atom is -0.491 e. The number of hydrogen-bond donors (Lipinski definition) is 0. The number of anilines is 1. The van der Waals surface area contributed by atoms with Crippen molar-refractivity contribution in [1.82, 2.24) is 14.8 Å². The van der Waals surface area contributed by atoms with E-state index in [1.807, 2.05) is 49.0 Å². The molecule has 0 spiro atoms. The largest absolute Gasteiger partial charge is 0.491 e. The second-order valence-electron chi connectivity index (χ2n) is 6.36. The quantitative estimate of drug-likeness (QED) is 0.739. The van der Waals surface area contributed by atoms with Gasteiger partial charge in [-0.3, -0.25) is 4.68 Å². The Bertz CT molecular complexity index is 843. The smallest absolute Gasteiger partial charge is 0.160 e. The van der Waals surface area contributed by atoms with E-state index in [-0.39, 0.29) is 0 Å². The van der Waals surface area contributed by atoms with Crippen LogP contribution in [0, 0.1) is 6.92 Å². The first-order valence-corrected chi connectivity index (χ1v) is 8.47. The molecule has 0 bridgehead atoms. The number of nitrogens with zero attached hydrogens (tertiary/aromatic N) is 4. The zero-order chi connectivity index (χ0) is 16.5. The average Bonchev–Trinajstić information content (AvgIpc) is 3.19. The molecule has 1 aliphatic rings. The van der Waals surface area contributed by atoms with Crippen molar-refractivity contribution in [2.75, 3.05) is 18.1 Å². The van der Waals surface area contributed by atoms with Crippen molar-refractivity contribution in [2.24, 2.45) is 7.05 Å². The van der Waals surface area contributed by atoms with Gasteiger partial charge in [-0.2, -0.15) is 5.10 Å². The third kappa shape index (κ3) is 2.70. The number of para-hydroxylation sites is 1. The van der Waals surface area contributed by atoms with Gasteiger partial charge in [0.15, 0.2) is 5.65 Å². The van der Waals surface area contributed by atoms with E-state index < -0.39 is 0 Å². The van der Waals surface area contributed by atoms with Gasteiger partial charge >= 0.3 is 0 Å². The number of aromatic nitrogens is 3. The Morgan fingerprint density at radius 2 is 2.00 bits per heavy atom. The van der Waals surface area contributed by atoms with Crippen LogP contribution in [0.15, 0.2) is 42.5 Å². The number of hydrogen-bond acceptors (Lipinski definition) is 4. The van der Waals surface area contributed by atoms with E-state index in [0.29, 0.717) is 12.6 Å². The molecule has 4 rings (SSSR count). The molecule has 0 amide bonds. The average molecular weight is 322 g/mol. The maximum absolute atomic E-state index is 5.97. The minimum atomic E-state index is 0.365. The molecule has 0 aliphatic carbocycles. The summed E-state index contributed by atoms with van der Waals surface area (Å²) < 4.78 is 7.83. The number of pyridine rings is 1. The van der Waals surface area contributed by atoms with E-state index in [4.69, 9.17) is 9.72 Å². The fraction of sp³-hybridized carbons (Fsp3) is 0.368. The van der Waals surface area contributed by atoms with E-state index >= 15 is 0 Å². The lowest BCUT2D eigenvalue weighted by Gasteiger charge is -2.25. The van der Waals surface area contributed by atoms with Crippen LogP contribution < -0.4 is 9.64 Å². The van der Waals surface area contributed by atoms with Crippen molar-refractivity contribution in [3.63, 3.8) is 0 Å². The molecule has 0 unspecified atom stereocenters. The van der Waals surface area contributed by atoms with Gasteiger partial charge in [-0.25, -0.2) is 4.98 Å². The van der Waals surface area contributed by atoms with Gasteiger partial charge in [0, 0.05) is 19.0 Å². The summed E-state index contributed by atoms with van der Waals surface area (Å²) in [4.78, 5) is 7.22. The van der Waals surface area contributed by atoms with Crippen LogP contribution in [0.3, 0.4) is 0 Å². The van der Waals surface area contributed by atoms with Crippen LogP contribution in [0.5, 0.6) is 5.75 Å². The molecule has 2 aromatic heterocycles. The Hall–Kier alpha value is -2.56. The standard InChI is InChI=1S/C19H22N4O/c1-14-17-10-11-18(20-19(17)22(2)21-14)23-12-6-7-15(23)13-24-16-8-4-3-5-9-16/h3-5,8-11,15H,6-7,12-13H2,1-2H3/t15-/m1/s1. The van der Waals surface area contributed by atoms with E-state index in [2.05, 4.69) is 22.1 Å². The summed E-state index contributed by atoms with van der Waals surface area (Å²) in [6, 6.07) is 14.6. The molecule has 5 nitrogen and oxygen atoms in total. The van der Waals surface area contributed by atoms with Gasteiger partial charge in [-0.05, 0) is 44.0 Å². The summed E-state index contributed by atoms with van der Waals surface area (Å²) >= 11 is 0. The number of rotatable bonds is 4. The molecule has 1 saturated heterocycles. The van der Waals surface area contributed by atoms with Gasteiger partial charge in [0.05, 0.1) is 11.7 Å². The molecule has 1 aromatic carbocycles. The summed E-state index contributed by atoms with van der Waals surface area (Å²) in [5.74, 6) is 1.94. The summed E-state index contributed by atoms with van der Waals surface area (Å²) in [5, 5.41) is 5.59. The molecule has 124 valence electrons. The predicted molar refractivity (Wildman–Crippen MR) is 95.6 cm³/mol.